The van der Waals surface area contributed by atoms with E-state index in [9.17, 15) is 23.1 Å². The molecule has 1 amide bonds. The Labute approximate surface area is 186 Å². The first-order valence-electron chi connectivity index (χ1n) is 9.96. The van der Waals surface area contributed by atoms with Crippen LogP contribution in [0.15, 0.2) is 30.7 Å². The van der Waals surface area contributed by atoms with Gasteiger partial charge in [0.2, 0.25) is 11.9 Å². The van der Waals surface area contributed by atoms with Gasteiger partial charge < -0.3 is 20.6 Å². The molecule has 0 aliphatic carbocycles. The van der Waals surface area contributed by atoms with E-state index in [1.807, 2.05) is 0 Å². The molecule has 0 spiro atoms. The number of aliphatic hydroxyl groups is 1. The summed E-state index contributed by atoms with van der Waals surface area (Å²) in [5.74, 6) is 0.510. The maximum atomic E-state index is 12.6. The Morgan fingerprint density at radius 3 is 2.67 bits per heavy atom. The second-order valence-corrected chi connectivity index (χ2v) is 7.58. The predicted octanol–water partition coefficient (Wildman–Crippen LogP) is 1.80. The van der Waals surface area contributed by atoms with E-state index in [4.69, 9.17) is 0 Å². The van der Waals surface area contributed by atoms with E-state index in [2.05, 4.69) is 30.7 Å². The summed E-state index contributed by atoms with van der Waals surface area (Å²) in [6.45, 7) is 2.02. The highest BCUT2D eigenvalue weighted by molar-refractivity contribution is 6.03. The lowest BCUT2D eigenvalue weighted by molar-refractivity contribution is -0.141. The predicted molar refractivity (Wildman–Crippen MR) is 113 cm³/mol. The van der Waals surface area contributed by atoms with Gasteiger partial charge in [0.15, 0.2) is 5.82 Å². The lowest BCUT2D eigenvalue weighted by atomic mass is 10.1. The van der Waals surface area contributed by atoms with E-state index >= 15 is 0 Å². The number of amides is 1. The molecule has 33 heavy (non-hydrogen) atoms. The molecule has 3 aromatic rings. The second kappa shape index (κ2) is 8.65. The maximum Gasteiger partial charge on any atom is 0.433 e. The molecular formula is C20H21F3N8O2. The van der Waals surface area contributed by atoms with Crippen molar-refractivity contribution in [1.29, 1.82) is 0 Å². The summed E-state index contributed by atoms with van der Waals surface area (Å²) in [4.78, 5) is 26.0. The van der Waals surface area contributed by atoms with E-state index in [0.29, 0.717) is 35.3 Å². The van der Waals surface area contributed by atoms with Crippen LogP contribution < -0.4 is 15.5 Å². The number of aliphatic hydroxyl groups excluding tert-OH is 1. The fourth-order valence-corrected chi connectivity index (χ4v) is 3.41. The van der Waals surface area contributed by atoms with Crippen molar-refractivity contribution in [1.82, 2.24) is 24.7 Å². The monoisotopic (exact) mass is 462 g/mol. The average Bonchev–Trinajstić information content (AvgIpc) is 3.20. The van der Waals surface area contributed by atoms with Gasteiger partial charge in [0, 0.05) is 31.5 Å². The van der Waals surface area contributed by atoms with E-state index in [1.54, 1.807) is 35.9 Å². The molecule has 0 saturated carbocycles. The number of aryl methyl sites for hydroxylation is 1. The van der Waals surface area contributed by atoms with Gasteiger partial charge in [0.1, 0.15) is 17.4 Å². The molecule has 0 saturated heterocycles. The molecule has 1 aliphatic rings. The molecule has 0 radical (unpaired) electrons. The first kappa shape index (κ1) is 22.5. The van der Waals surface area contributed by atoms with Crippen LogP contribution in [0.3, 0.4) is 0 Å². The van der Waals surface area contributed by atoms with Crippen molar-refractivity contribution in [3.05, 3.63) is 53.2 Å². The molecule has 3 aromatic heterocycles. The zero-order valence-corrected chi connectivity index (χ0v) is 17.8. The second-order valence-electron chi connectivity index (χ2n) is 7.58. The van der Waals surface area contributed by atoms with Gasteiger partial charge in [-0.25, -0.2) is 4.98 Å². The number of carbonyl (C=O) groups excluding carboxylic acids is 1. The first-order chi connectivity index (χ1) is 15.7. The van der Waals surface area contributed by atoms with Gasteiger partial charge in [-0.2, -0.15) is 23.3 Å². The number of anilines is 3. The van der Waals surface area contributed by atoms with Crippen LogP contribution in [0, 0.1) is 6.92 Å². The van der Waals surface area contributed by atoms with Crippen molar-refractivity contribution in [2.75, 3.05) is 29.2 Å². The zero-order chi connectivity index (χ0) is 23.8. The number of hydrogen-bond donors (Lipinski definition) is 3. The summed E-state index contributed by atoms with van der Waals surface area (Å²) in [5.41, 5.74) is 1.53. The number of rotatable bonds is 6. The van der Waals surface area contributed by atoms with Gasteiger partial charge >= 0.3 is 6.18 Å². The average molecular weight is 462 g/mol. The molecule has 1 unspecified atom stereocenters. The summed E-state index contributed by atoms with van der Waals surface area (Å²) in [7, 11) is 1.68. The molecule has 4 heterocycles. The molecule has 174 valence electrons. The maximum absolute atomic E-state index is 12.6. The number of alkyl halides is 3. The number of likely N-dealkylation sites (N-methyl/N-ethyl adjacent to an activating group) is 1. The highest BCUT2D eigenvalue weighted by atomic mass is 19.4. The lowest BCUT2D eigenvalue weighted by Crippen LogP contribution is -2.49. The van der Waals surface area contributed by atoms with Gasteiger partial charge in [0.25, 0.3) is 0 Å². The van der Waals surface area contributed by atoms with Crippen molar-refractivity contribution < 1.29 is 23.1 Å². The number of nitrogens with zero attached hydrogens (tertiary/aromatic N) is 6. The van der Waals surface area contributed by atoms with Crippen LogP contribution in [-0.4, -0.2) is 55.4 Å². The van der Waals surface area contributed by atoms with Gasteiger partial charge in [-0.1, -0.05) is 6.07 Å². The molecule has 10 nitrogen and oxygen atoms in total. The molecule has 1 aliphatic heterocycles. The fraction of sp³-hybridized carbons (Fsp3) is 0.350. The lowest BCUT2D eigenvalue weighted by Gasteiger charge is -2.33. The van der Waals surface area contributed by atoms with E-state index in [-0.39, 0.29) is 19.1 Å². The SMILES string of the molecule is Cc1nc(NCc2cnn(Cc3ccc(C(F)(F)F)nc3)c2)nc2c1NC(=O)C(CO)N2C. The Morgan fingerprint density at radius 2 is 2.00 bits per heavy atom. The molecule has 0 fully saturated rings. The summed E-state index contributed by atoms with van der Waals surface area (Å²) < 4.78 is 39.5. The minimum atomic E-state index is -4.47. The fourth-order valence-electron chi connectivity index (χ4n) is 3.41. The van der Waals surface area contributed by atoms with Crippen LogP contribution in [0.2, 0.25) is 0 Å². The summed E-state index contributed by atoms with van der Waals surface area (Å²) in [5, 5.41) is 19.5. The number of nitrogens with one attached hydrogen (secondary N) is 2. The summed E-state index contributed by atoms with van der Waals surface area (Å²) in [6.07, 6.45) is 0.0919. The number of pyridine rings is 1. The third-order valence-electron chi connectivity index (χ3n) is 5.19. The van der Waals surface area contributed by atoms with Crippen LogP contribution in [0.4, 0.5) is 30.6 Å². The normalized spacial score (nSPS) is 15.9. The summed E-state index contributed by atoms with van der Waals surface area (Å²) in [6, 6.07) is 1.57. The summed E-state index contributed by atoms with van der Waals surface area (Å²) >= 11 is 0. The first-order valence-corrected chi connectivity index (χ1v) is 9.96. The third-order valence-corrected chi connectivity index (χ3v) is 5.19. The molecule has 3 N–H and O–H groups in total. The smallest absolute Gasteiger partial charge is 0.394 e. The topological polar surface area (TPSA) is 121 Å². The van der Waals surface area contributed by atoms with Crippen LogP contribution in [-0.2, 0) is 24.1 Å². The molecule has 13 heteroatoms. The molecular weight excluding hydrogens is 441 g/mol. The van der Waals surface area contributed by atoms with Gasteiger partial charge in [-0.15, -0.1) is 0 Å². The van der Waals surface area contributed by atoms with Gasteiger partial charge in [0.05, 0.1) is 25.0 Å². The molecule has 1 atom stereocenters. The Balaban J connectivity index is 1.42. The molecule has 0 bridgehead atoms. The van der Waals surface area contributed by atoms with Crippen LogP contribution >= 0.6 is 0 Å². The standard InChI is InChI=1S/C20H21F3N8O2/c1-11-16-17(30(2)14(10-32)18(33)28-16)29-19(27-11)25-6-13-7-26-31(9-13)8-12-3-4-15(24-5-12)20(21,22)23/h3-5,7,9,14,32H,6,8,10H2,1-2H3,(H,28,33)(H,25,27,29). The molecule has 0 aromatic carbocycles. The van der Waals surface area contributed by atoms with Crippen molar-refractivity contribution in [2.45, 2.75) is 32.2 Å². The zero-order valence-electron chi connectivity index (χ0n) is 17.8. The van der Waals surface area contributed by atoms with Crippen LogP contribution in [0.5, 0.6) is 0 Å². The molecule has 4 rings (SSSR count). The number of aromatic nitrogens is 5. The largest absolute Gasteiger partial charge is 0.433 e. The van der Waals surface area contributed by atoms with Crippen LogP contribution in [0.1, 0.15) is 22.5 Å². The van der Waals surface area contributed by atoms with Crippen LogP contribution in [0.25, 0.3) is 0 Å². The van der Waals surface area contributed by atoms with E-state index < -0.39 is 17.9 Å². The van der Waals surface area contributed by atoms with Crippen molar-refractivity contribution >= 4 is 23.4 Å². The highest BCUT2D eigenvalue weighted by Gasteiger charge is 2.33. The number of carbonyl (C=O) groups is 1. The number of hydrogen-bond acceptors (Lipinski definition) is 8. The Hall–Kier alpha value is -3.74. The van der Waals surface area contributed by atoms with Gasteiger partial charge in [-0.05, 0) is 18.6 Å². The highest BCUT2D eigenvalue weighted by Crippen LogP contribution is 2.32. The van der Waals surface area contributed by atoms with E-state index in [1.165, 1.54) is 12.3 Å². The van der Waals surface area contributed by atoms with Crippen molar-refractivity contribution in [2.24, 2.45) is 0 Å². The Kier molecular flexibility index (Phi) is 5.89. The van der Waals surface area contributed by atoms with Crippen molar-refractivity contribution in [3.63, 3.8) is 0 Å². The third kappa shape index (κ3) is 4.72. The quantitative estimate of drug-likeness (QED) is 0.507. The Bertz CT molecular complexity index is 1160. The number of fused-ring (bicyclic) bond motifs is 1. The van der Waals surface area contributed by atoms with Gasteiger partial charge in [-0.3, -0.25) is 14.5 Å². The minimum absolute atomic E-state index is 0.270. The Morgan fingerprint density at radius 1 is 1.21 bits per heavy atom. The minimum Gasteiger partial charge on any atom is -0.394 e. The van der Waals surface area contributed by atoms with Crippen molar-refractivity contribution in [3.8, 4) is 0 Å². The number of halogens is 3. The van der Waals surface area contributed by atoms with E-state index in [0.717, 1.165) is 11.6 Å².